The molecule has 2 N–H and O–H groups in total. The number of aliphatic hydroxyl groups excluding tert-OH is 1. The predicted octanol–water partition coefficient (Wildman–Crippen LogP) is 1.41. The van der Waals surface area contributed by atoms with Gasteiger partial charge in [-0.15, -0.1) is 0 Å². The first-order valence-corrected chi connectivity index (χ1v) is 5.56. The molecule has 0 heterocycles. The van der Waals surface area contributed by atoms with Crippen molar-refractivity contribution < 1.29 is 9.84 Å². The third-order valence-corrected chi connectivity index (χ3v) is 2.27. The molecule has 1 atom stereocenters. The summed E-state index contributed by atoms with van der Waals surface area (Å²) in [5.41, 5.74) is 0. The molecule has 1 unspecified atom stereocenters. The lowest BCUT2D eigenvalue weighted by Crippen LogP contribution is -2.31. The molecular weight excluding hydrogens is 178 g/mol. The Kier molecular flexibility index (Phi) is 9.35. The minimum Gasteiger partial charge on any atom is -0.396 e. The highest BCUT2D eigenvalue weighted by Crippen LogP contribution is 2.03. The predicted molar refractivity (Wildman–Crippen MR) is 59.4 cm³/mol. The van der Waals surface area contributed by atoms with Gasteiger partial charge >= 0.3 is 0 Å². The van der Waals surface area contributed by atoms with E-state index in [2.05, 4.69) is 19.2 Å². The van der Waals surface area contributed by atoms with Gasteiger partial charge < -0.3 is 15.2 Å². The van der Waals surface area contributed by atoms with Crippen molar-refractivity contribution in [3.05, 3.63) is 0 Å². The molecule has 0 fully saturated rings. The molecule has 0 spiro atoms. The van der Waals surface area contributed by atoms with Crippen molar-refractivity contribution in [3.63, 3.8) is 0 Å². The highest BCUT2D eigenvalue weighted by Gasteiger charge is 2.04. The molecule has 0 amide bonds. The third-order valence-electron chi connectivity index (χ3n) is 2.27. The van der Waals surface area contributed by atoms with Crippen LogP contribution in [0.4, 0.5) is 0 Å². The lowest BCUT2D eigenvalue weighted by Gasteiger charge is -2.15. The number of hydrogen-bond acceptors (Lipinski definition) is 3. The second-order valence-corrected chi connectivity index (χ2v) is 4.11. The van der Waals surface area contributed by atoms with Gasteiger partial charge in [0.05, 0.1) is 6.61 Å². The van der Waals surface area contributed by atoms with E-state index in [0.29, 0.717) is 12.6 Å². The first kappa shape index (κ1) is 13.9. The third kappa shape index (κ3) is 8.48. The first-order chi connectivity index (χ1) is 6.70. The second kappa shape index (κ2) is 9.44. The molecule has 0 bridgehead atoms. The Morgan fingerprint density at radius 2 is 2.00 bits per heavy atom. The van der Waals surface area contributed by atoms with E-state index in [0.717, 1.165) is 25.4 Å². The van der Waals surface area contributed by atoms with Crippen LogP contribution in [0.15, 0.2) is 0 Å². The number of nitrogens with one attached hydrogen (secondary N) is 1. The summed E-state index contributed by atoms with van der Waals surface area (Å²) in [6.45, 7) is 6.21. The minimum absolute atomic E-state index is 0.223. The van der Waals surface area contributed by atoms with Gasteiger partial charge in [-0.3, -0.25) is 0 Å². The van der Waals surface area contributed by atoms with E-state index >= 15 is 0 Å². The van der Waals surface area contributed by atoms with Crippen LogP contribution < -0.4 is 5.32 Å². The smallest absolute Gasteiger partial charge is 0.0620 e. The van der Waals surface area contributed by atoms with Gasteiger partial charge in [0.15, 0.2) is 0 Å². The molecule has 0 aliphatic heterocycles. The normalized spacial score (nSPS) is 13.5. The maximum absolute atomic E-state index is 8.75. The Bertz CT molecular complexity index is 118. The zero-order valence-corrected chi connectivity index (χ0v) is 9.75. The molecule has 0 saturated carbocycles. The van der Waals surface area contributed by atoms with E-state index in [1.807, 2.05) is 7.05 Å². The number of ether oxygens (including phenoxy) is 1. The van der Waals surface area contributed by atoms with Crippen LogP contribution in [0.2, 0.25) is 0 Å². The van der Waals surface area contributed by atoms with Crippen LogP contribution in [0.3, 0.4) is 0 Å². The van der Waals surface area contributed by atoms with Crippen LogP contribution in [0.5, 0.6) is 0 Å². The standard InChI is InChI=1S/C11H25NO2/c1-10(2)5-4-8-14-9-11(12-3)6-7-13/h10-13H,4-9H2,1-3H3. The topological polar surface area (TPSA) is 41.5 Å². The van der Waals surface area contributed by atoms with Gasteiger partial charge in [0.1, 0.15) is 0 Å². The van der Waals surface area contributed by atoms with Crippen molar-refractivity contribution in [2.24, 2.45) is 5.92 Å². The summed E-state index contributed by atoms with van der Waals surface area (Å²) in [7, 11) is 1.90. The summed E-state index contributed by atoms with van der Waals surface area (Å²) in [6, 6.07) is 0.291. The first-order valence-electron chi connectivity index (χ1n) is 5.56. The van der Waals surface area contributed by atoms with Crippen molar-refractivity contribution in [3.8, 4) is 0 Å². The fourth-order valence-corrected chi connectivity index (χ4v) is 1.29. The fourth-order valence-electron chi connectivity index (χ4n) is 1.29. The van der Waals surface area contributed by atoms with E-state index in [1.54, 1.807) is 0 Å². The van der Waals surface area contributed by atoms with Crippen molar-refractivity contribution >= 4 is 0 Å². The monoisotopic (exact) mass is 203 g/mol. The lowest BCUT2D eigenvalue weighted by molar-refractivity contribution is 0.0993. The zero-order chi connectivity index (χ0) is 10.8. The number of hydrogen-bond donors (Lipinski definition) is 2. The molecule has 0 rings (SSSR count). The number of rotatable bonds is 9. The Morgan fingerprint density at radius 1 is 1.29 bits per heavy atom. The second-order valence-electron chi connectivity index (χ2n) is 4.11. The van der Waals surface area contributed by atoms with Crippen LogP contribution in [0, 0.1) is 5.92 Å². The van der Waals surface area contributed by atoms with E-state index in [9.17, 15) is 0 Å². The summed E-state index contributed by atoms with van der Waals surface area (Å²) in [4.78, 5) is 0. The van der Waals surface area contributed by atoms with E-state index in [-0.39, 0.29) is 6.61 Å². The largest absolute Gasteiger partial charge is 0.396 e. The highest BCUT2D eigenvalue weighted by molar-refractivity contribution is 4.62. The Morgan fingerprint density at radius 3 is 2.50 bits per heavy atom. The molecule has 3 heteroatoms. The number of aliphatic hydroxyl groups is 1. The molecule has 0 aromatic heterocycles. The molecule has 0 aromatic carbocycles. The number of likely N-dealkylation sites (N-methyl/N-ethyl adjacent to an activating group) is 1. The van der Waals surface area contributed by atoms with Crippen LogP contribution in [0.1, 0.15) is 33.1 Å². The van der Waals surface area contributed by atoms with Crippen LogP contribution in [-0.2, 0) is 4.74 Å². The van der Waals surface area contributed by atoms with Gasteiger partial charge in [0.25, 0.3) is 0 Å². The SMILES string of the molecule is CNC(CCO)COCCCC(C)C. The van der Waals surface area contributed by atoms with Gasteiger partial charge in [0.2, 0.25) is 0 Å². The zero-order valence-electron chi connectivity index (χ0n) is 9.75. The molecule has 0 aliphatic carbocycles. The average molecular weight is 203 g/mol. The quantitative estimate of drug-likeness (QED) is 0.557. The van der Waals surface area contributed by atoms with Crippen molar-refractivity contribution in [1.29, 1.82) is 0 Å². The van der Waals surface area contributed by atoms with Gasteiger partial charge in [-0.1, -0.05) is 13.8 Å². The summed E-state index contributed by atoms with van der Waals surface area (Å²) < 4.78 is 5.52. The van der Waals surface area contributed by atoms with E-state index in [4.69, 9.17) is 9.84 Å². The molecule has 14 heavy (non-hydrogen) atoms. The van der Waals surface area contributed by atoms with Crippen LogP contribution >= 0.6 is 0 Å². The lowest BCUT2D eigenvalue weighted by atomic mass is 10.1. The maximum Gasteiger partial charge on any atom is 0.0620 e. The van der Waals surface area contributed by atoms with Crippen molar-refractivity contribution in [1.82, 2.24) is 5.32 Å². The average Bonchev–Trinajstić information content (AvgIpc) is 2.15. The molecule has 0 aromatic rings. The van der Waals surface area contributed by atoms with Crippen molar-refractivity contribution in [2.45, 2.75) is 39.2 Å². The molecular formula is C11H25NO2. The highest BCUT2D eigenvalue weighted by atomic mass is 16.5. The summed E-state index contributed by atoms with van der Waals surface area (Å²) in [6.07, 6.45) is 3.12. The van der Waals surface area contributed by atoms with Crippen LogP contribution in [0.25, 0.3) is 0 Å². The molecule has 0 aliphatic rings. The van der Waals surface area contributed by atoms with Gasteiger partial charge in [-0.05, 0) is 32.2 Å². The Labute approximate surface area is 87.8 Å². The Hall–Kier alpha value is -0.120. The summed E-state index contributed by atoms with van der Waals surface area (Å²) in [5, 5.41) is 11.9. The van der Waals surface area contributed by atoms with E-state index < -0.39 is 0 Å². The minimum atomic E-state index is 0.223. The molecule has 0 radical (unpaired) electrons. The van der Waals surface area contributed by atoms with Gasteiger partial charge in [-0.2, -0.15) is 0 Å². The van der Waals surface area contributed by atoms with Gasteiger partial charge in [0, 0.05) is 19.3 Å². The summed E-state index contributed by atoms with van der Waals surface area (Å²) >= 11 is 0. The van der Waals surface area contributed by atoms with Crippen molar-refractivity contribution in [2.75, 3.05) is 26.9 Å². The molecule has 0 saturated heterocycles. The molecule has 3 nitrogen and oxygen atoms in total. The molecule has 86 valence electrons. The Balaban J connectivity index is 3.24. The van der Waals surface area contributed by atoms with Gasteiger partial charge in [-0.25, -0.2) is 0 Å². The summed E-state index contributed by atoms with van der Waals surface area (Å²) in [5.74, 6) is 0.760. The fraction of sp³-hybridized carbons (Fsp3) is 1.00. The maximum atomic E-state index is 8.75. The van der Waals surface area contributed by atoms with E-state index in [1.165, 1.54) is 6.42 Å². The van der Waals surface area contributed by atoms with Crippen LogP contribution in [-0.4, -0.2) is 38.0 Å².